The summed E-state index contributed by atoms with van der Waals surface area (Å²) in [5, 5.41) is 8.08. The van der Waals surface area contributed by atoms with Gasteiger partial charge in [-0.1, -0.05) is 20.8 Å². The number of nitrogens with one attached hydrogen (secondary N) is 3. The number of amides is 3. The molecule has 1 aliphatic carbocycles. The van der Waals surface area contributed by atoms with Crippen LogP contribution in [0.3, 0.4) is 0 Å². The highest BCUT2D eigenvalue weighted by Gasteiger charge is 2.34. The molecule has 0 aromatic rings. The molecule has 3 N–H and O–H groups in total. The topological polar surface area (TPSA) is 70.2 Å². The molecule has 0 unspecified atom stereocenters. The minimum atomic E-state index is -0.473. The van der Waals surface area contributed by atoms with Crippen molar-refractivity contribution in [1.82, 2.24) is 16.0 Å². The fraction of sp³-hybridized carbons (Fsp3) is 0.818. The van der Waals surface area contributed by atoms with E-state index < -0.39 is 6.04 Å². The summed E-state index contributed by atoms with van der Waals surface area (Å²) in [5.74, 6) is 0.472. The van der Waals surface area contributed by atoms with Crippen molar-refractivity contribution in [3.05, 3.63) is 0 Å². The van der Waals surface area contributed by atoms with Crippen LogP contribution in [0.15, 0.2) is 0 Å². The zero-order chi connectivity index (χ0) is 12.3. The Morgan fingerprint density at radius 3 is 2.25 bits per heavy atom. The van der Waals surface area contributed by atoms with Gasteiger partial charge in [-0.2, -0.15) is 0 Å². The first-order chi connectivity index (χ1) is 7.45. The highest BCUT2D eigenvalue weighted by molar-refractivity contribution is 5.87. The van der Waals surface area contributed by atoms with Gasteiger partial charge in [0.1, 0.15) is 6.04 Å². The van der Waals surface area contributed by atoms with Crippen molar-refractivity contribution in [3.8, 4) is 0 Å². The Bertz CT molecular complexity index is 278. The predicted octanol–water partition coefficient (Wildman–Crippen LogP) is 0.465. The van der Waals surface area contributed by atoms with Crippen molar-refractivity contribution in [2.45, 2.75) is 39.3 Å². The van der Waals surface area contributed by atoms with Crippen LogP contribution < -0.4 is 16.0 Å². The molecular weight excluding hydrogens is 206 g/mol. The molecule has 1 rings (SSSR count). The third-order valence-corrected chi connectivity index (χ3v) is 2.91. The SMILES string of the molecule is CNC(=O)[C@H](NC(=O)N[C@H]1C[C@H]1C)C(C)C. The minimum absolute atomic E-state index is 0.0716. The number of carbonyl (C=O) groups excluding carboxylic acids is 2. The maximum atomic E-state index is 11.6. The molecule has 0 aromatic carbocycles. The standard InChI is InChI=1S/C11H21N3O2/c1-6(2)9(10(15)12-4)14-11(16)13-8-5-7(8)3/h6-9H,5H2,1-4H3,(H,12,15)(H2,13,14,16)/t7-,8+,9-/m1/s1. The van der Waals surface area contributed by atoms with Gasteiger partial charge in [0.25, 0.3) is 0 Å². The van der Waals surface area contributed by atoms with Gasteiger partial charge in [0, 0.05) is 13.1 Å². The van der Waals surface area contributed by atoms with Gasteiger partial charge in [0.2, 0.25) is 5.91 Å². The third-order valence-electron chi connectivity index (χ3n) is 2.91. The second-order valence-electron chi connectivity index (χ2n) is 4.77. The van der Waals surface area contributed by atoms with Gasteiger partial charge in [-0.15, -0.1) is 0 Å². The number of hydrogen-bond acceptors (Lipinski definition) is 2. The van der Waals surface area contributed by atoms with Gasteiger partial charge < -0.3 is 16.0 Å². The van der Waals surface area contributed by atoms with Crippen molar-refractivity contribution in [2.75, 3.05) is 7.05 Å². The highest BCUT2D eigenvalue weighted by atomic mass is 16.2. The summed E-state index contributed by atoms with van der Waals surface area (Å²) < 4.78 is 0. The first-order valence-electron chi connectivity index (χ1n) is 5.74. The Morgan fingerprint density at radius 1 is 1.31 bits per heavy atom. The molecule has 1 fully saturated rings. The monoisotopic (exact) mass is 227 g/mol. The zero-order valence-electron chi connectivity index (χ0n) is 10.3. The molecule has 0 aromatic heterocycles. The molecule has 3 atom stereocenters. The van der Waals surface area contributed by atoms with Gasteiger partial charge >= 0.3 is 6.03 Å². The van der Waals surface area contributed by atoms with E-state index in [0.717, 1.165) is 6.42 Å². The van der Waals surface area contributed by atoms with Crippen LogP contribution in [0.1, 0.15) is 27.2 Å². The molecule has 92 valence electrons. The van der Waals surface area contributed by atoms with Crippen molar-refractivity contribution >= 4 is 11.9 Å². The van der Waals surface area contributed by atoms with Crippen molar-refractivity contribution in [3.63, 3.8) is 0 Å². The van der Waals surface area contributed by atoms with Gasteiger partial charge in [0.15, 0.2) is 0 Å². The fourth-order valence-electron chi connectivity index (χ4n) is 1.56. The first kappa shape index (κ1) is 12.8. The van der Waals surface area contributed by atoms with Crippen LogP contribution in [0, 0.1) is 11.8 Å². The van der Waals surface area contributed by atoms with Crippen LogP contribution in [0.25, 0.3) is 0 Å². The molecular formula is C11H21N3O2. The maximum Gasteiger partial charge on any atom is 0.315 e. The third kappa shape index (κ3) is 3.40. The second-order valence-corrected chi connectivity index (χ2v) is 4.77. The average Bonchev–Trinajstić information content (AvgIpc) is 2.89. The molecule has 5 heteroatoms. The van der Waals surface area contributed by atoms with E-state index in [0.29, 0.717) is 5.92 Å². The first-order valence-corrected chi connectivity index (χ1v) is 5.74. The van der Waals surface area contributed by atoms with E-state index in [-0.39, 0.29) is 23.9 Å². The van der Waals surface area contributed by atoms with E-state index in [1.165, 1.54) is 0 Å². The molecule has 1 aliphatic rings. The van der Waals surface area contributed by atoms with E-state index in [1.807, 2.05) is 13.8 Å². The smallest absolute Gasteiger partial charge is 0.315 e. The molecule has 1 saturated carbocycles. The van der Waals surface area contributed by atoms with Crippen LogP contribution in [0.4, 0.5) is 4.79 Å². The molecule has 0 bridgehead atoms. The van der Waals surface area contributed by atoms with E-state index >= 15 is 0 Å². The summed E-state index contributed by atoms with van der Waals surface area (Å²) in [6.07, 6.45) is 1.03. The molecule has 5 nitrogen and oxygen atoms in total. The summed E-state index contributed by atoms with van der Waals surface area (Å²) in [6.45, 7) is 5.89. The molecule has 0 aliphatic heterocycles. The van der Waals surface area contributed by atoms with Gasteiger partial charge in [-0.3, -0.25) is 4.79 Å². The van der Waals surface area contributed by atoms with Crippen molar-refractivity contribution in [2.24, 2.45) is 11.8 Å². The van der Waals surface area contributed by atoms with Crippen LogP contribution in [0.2, 0.25) is 0 Å². The quantitative estimate of drug-likeness (QED) is 0.653. The Morgan fingerprint density at radius 2 is 1.88 bits per heavy atom. The number of likely N-dealkylation sites (N-methyl/N-ethyl adjacent to an activating group) is 1. The van der Waals surface area contributed by atoms with E-state index in [9.17, 15) is 9.59 Å². The van der Waals surface area contributed by atoms with Crippen molar-refractivity contribution < 1.29 is 9.59 Å². The van der Waals surface area contributed by atoms with Crippen LogP contribution in [-0.4, -0.2) is 31.1 Å². The lowest BCUT2D eigenvalue weighted by Crippen LogP contribution is -2.52. The largest absolute Gasteiger partial charge is 0.357 e. The lowest BCUT2D eigenvalue weighted by atomic mass is 10.0. The molecule has 0 heterocycles. The molecule has 16 heavy (non-hydrogen) atoms. The Hall–Kier alpha value is -1.26. The molecule has 0 saturated heterocycles. The van der Waals surface area contributed by atoms with Crippen LogP contribution in [-0.2, 0) is 4.79 Å². The summed E-state index contributed by atoms with van der Waals surface area (Å²) in [5.41, 5.74) is 0. The van der Waals surface area contributed by atoms with E-state index in [2.05, 4.69) is 22.9 Å². The summed E-state index contributed by atoms with van der Waals surface area (Å²) in [6, 6.07) is -0.451. The van der Waals surface area contributed by atoms with E-state index in [1.54, 1.807) is 7.05 Å². The molecule has 3 amide bonds. The molecule has 0 spiro atoms. The number of urea groups is 1. The van der Waals surface area contributed by atoms with Gasteiger partial charge in [-0.25, -0.2) is 4.79 Å². The number of carbonyl (C=O) groups is 2. The summed E-state index contributed by atoms with van der Waals surface area (Å²) in [7, 11) is 1.57. The van der Waals surface area contributed by atoms with Crippen molar-refractivity contribution in [1.29, 1.82) is 0 Å². The van der Waals surface area contributed by atoms with E-state index in [4.69, 9.17) is 0 Å². The summed E-state index contributed by atoms with van der Waals surface area (Å²) >= 11 is 0. The molecule has 0 radical (unpaired) electrons. The summed E-state index contributed by atoms with van der Waals surface area (Å²) in [4.78, 5) is 23.1. The Balaban J connectivity index is 2.41. The van der Waals surface area contributed by atoms with Crippen LogP contribution in [0.5, 0.6) is 0 Å². The lowest BCUT2D eigenvalue weighted by molar-refractivity contribution is -0.123. The maximum absolute atomic E-state index is 11.6. The number of hydrogen-bond donors (Lipinski definition) is 3. The minimum Gasteiger partial charge on any atom is -0.357 e. The van der Waals surface area contributed by atoms with Gasteiger partial charge in [-0.05, 0) is 18.3 Å². The highest BCUT2D eigenvalue weighted by Crippen LogP contribution is 2.28. The Kier molecular flexibility index (Phi) is 4.15. The zero-order valence-corrected chi connectivity index (χ0v) is 10.3. The average molecular weight is 227 g/mol. The van der Waals surface area contributed by atoms with Gasteiger partial charge in [0.05, 0.1) is 0 Å². The van der Waals surface area contributed by atoms with Crippen LogP contribution >= 0.6 is 0 Å². The predicted molar refractivity (Wildman–Crippen MR) is 61.9 cm³/mol. The number of rotatable bonds is 4. The normalized spacial score (nSPS) is 24.8. The second kappa shape index (κ2) is 5.18. The fourth-order valence-corrected chi connectivity index (χ4v) is 1.56. The lowest BCUT2D eigenvalue weighted by Gasteiger charge is -2.20. The Labute approximate surface area is 96.4 Å².